The van der Waals surface area contributed by atoms with E-state index in [4.69, 9.17) is 10.5 Å². The first-order valence-corrected chi connectivity index (χ1v) is 6.13. The summed E-state index contributed by atoms with van der Waals surface area (Å²) in [5.74, 6) is 1.10. The molecule has 0 spiro atoms. The summed E-state index contributed by atoms with van der Waals surface area (Å²) in [5, 5.41) is 0. The van der Waals surface area contributed by atoms with E-state index in [9.17, 15) is 9.59 Å². The van der Waals surface area contributed by atoms with E-state index in [0.717, 1.165) is 17.9 Å². The Morgan fingerprint density at radius 2 is 1.67 bits per heavy atom. The van der Waals surface area contributed by atoms with Crippen LogP contribution in [0.3, 0.4) is 0 Å². The molecule has 1 aliphatic rings. The summed E-state index contributed by atoms with van der Waals surface area (Å²) in [7, 11) is 0. The molecule has 18 heavy (non-hydrogen) atoms. The third-order valence-corrected chi connectivity index (χ3v) is 2.50. The van der Waals surface area contributed by atoms with Gasteiger partial charge < -0.3 is 10.5 Å². The van der Waals surface area contributed by atoms with Gasteiger partial charge in [0.1, 0.15) is 17.3 Å². The molecule has 0 unspecified atom stereocenters. The monoisotopic (exact) mass is 249 g/mol. The molecule has 1 aromatic rings. The van der Waals surface area contributed by atoms with Gasteiger partial charge in [-0.1, -0.05) is 0 Å². The number of anilines is 1. The Labute approximate surface area is 107 Å². The fraction of sp³-hybridized carbons (Fsp3) is 0.429. The topological polar surface area (TPSA) is 69.4 Å². The number of ether oxygens (including phenoxy) is 1. The number of nitrogens with two attached hydrogens (primary N) is 1. The zero-order valence-corrected chi connectivity index (χ0v) is 10.6. The van der Waals surface area contributed by atoms with Gasteiger partial charge in [0.2, 0.25) is 0 Å². The van der Waals surface area contributed by atoms with Crippen molar-refractivity contribution in [2.24, 2.45) is 0 Å². The Bertz CT molecular complexity index is 384. The highest BCUT2D eigenvalue weighted by Gasteiger charge is 2.14. The second kappa shape index (κ2) is 7.48. The number of ketones is 2. The van der Waals surface area contributed by atoms with Crippen molar-refractivity contribution in [2.45, 2.75) is 32.6 Å². The fourth-order valence-electron chi connectivity index (χ4n) is 1.61. The molecule has 98 valence electrons. The van der Waals surface area contributed by atoms with E-state index >= 15 is 0 Å². The largest absolute Gasteiger partial charge is 0.494 e. The normalized spacial score (nSPS) is 14.7. The second-order valence-electron chi connectivity index (χ2n) is 4.11. The van der Waals surface area contributed by atoms with E-state index in [-0.39, 0.29) is 18.0 Å². The zero-order valence-electron chi connectivity index (χ0n) is 10.6. The van der Waals surface area contributed by atoms with Crippen LogP contribution in [0, 0.1) is 0 Å². The van der Waals surface area contributed by atoms with Crippen LogP contribution in [-0.2, 0) is 9.59 Å². The van der Waals surface area contributed by atoms with Crippen LogP contribution in [0.4, 0.5) is 5.69 Å². The van der Waals surface area contributed by atoms with Crippen molar-refractivity contribution in [3.05, 3.63) is 24.3 Å². The number of Topliss-reactive ketones (excluding diaryl/α,β-unsaturated/α-hetero) is 2. The Hall–Kier alpha value is -1.84. The SMILES string of the molecule is CCOc1ccc(N)cc1.O=C1CCCC(=O)C1. The van der Waals surface area contributed by atoms with Gasteiger partial charge in [0.05, 0.1) is 13.0 Å². The number of hydrogen-bond donors (Lipinski definition) is 1. The second-order valence-corrected chi connectivity index (χ2v) is 4.11. The summed E-state index contributed by atoms with van der Waals surface area (Å²) in [6.45, 7) is 2.65. The van der Waals surface area contributed by atoms with Crippen LogP contribution in [0.25, 0.3) is 0 Å². The molecular weight excluding hydrogens is 230 g/mol. The van der Waals surface area contributed by atoms with Gasteiger partial charge in [0.15, 0.2) is 0 Å². The quantitative estimate of drug-likeness (QED) is 0.645. The first kappa shape index (κ1) is 14.2. The molecule has 0 aromatic heterocycles. The van der Waals surface area contributed by atoms with Gasteiger partial charge in [0.25, 0.3) is 0 Å². The highest BCUT2D eigenvalue weighted by molar-refractivity contribution is 6.01. The summed E-state index contributed by atoms with van der Waals surface area (Å²) >= 11 is 0. The third-order valence-electron chi connectivity index (χ3n) is 2.50. The minimum Gasteiger partial charge on any atom is -0.494 e. The molecule has 2 rings (SSSR count). The minimum absolute atomic E-state index is 0.112. The van der Waals surface area contributed by atoms with Crippen LogP contribution in [0.5, 0.6) is 5.75 Å². The molecule has 1 saturated carbocycles. The van der Waals surface area contributed by atoms with Gasteiger partial charge in [-0.15, -0.1) is 0 Å². The number of carbonyl (C=O) groups excluding carboxylic acids is 2. The van der Waals surface area contributed by atoms with E-state index in [0.29, 0.717) is 19.4 Å². The van der Waals surface area contributed by atoms with Crippen molar-refractivity contribution in [3.63, 3.8) is 0 Å². The number of hydrogen-bond acceptors (Lipinski definition) is 4. The molecule has 0 atom stereocenters. The number of nitrogen functional groups attached to an aromatic ring is 1. The molecule has 4 heteroatoms. The van der Waals surface area contributed by atoms with Gasteiger partial charge in [-0.05, 0) is 37.6 Å². The lowest BCUT2D eigenvalue weighted by molar-refractivity contribution is -0.129. The lowest BCUT2D eigenvalue weighted by Gasteiger charge is -2.04. The van der Waals surface area contributed by atoms with Crippen molar-refractivity contribution in [1.29, 1.82) is 0 Å². The molecule has 0 bridgehead atoms. The standard InChI is InChI=1S/C8H11NO.C6H8O2/c1-2-10-8-5-3-7(9)4-6-8;7-5-2-1-3-6(8)4-5/h3-6H,2,9H2,1H3;1-4H2. The first-order chi connectivity index (χ1) is 8.61. The minimum atomic E-state index is 0.112. The molecular formula is C14H19NO3. The van der Waals surface area contributed by atoms with Crippen LogP contribution in [0.15, 0.2) is 24.3 Å². The first-order valence-electron chi connectivity index (χ1n) is 6.13. The van der Waals surface area contributed by atoms with Crippen molar-refractivity contribution in [2.75, 3.05) is 12.3 Å². The number of benzene rings is 1. The van der Waals surface area contributed by atoms with Crippen LogP contribution in [0.2, 0.25) is 0 Å². The summed E-state index contributed by atoms with van der Waals surface area (Å²) < 4.78 is 5.21. The predicted octanol–water partition coefficient (Wildman–Crippen LogP) is 2.37. The Kier molecular flexibility index (Phi) is 5.91. The summed E-state index contributed by atoms with van der Waals surface area (Å²) in [4.78, 5) is 20.9. The molecule has 0 amide bonds. The molecule has 2 N–H and O–H groups in total. The lowest BCUT2D eigenvalue weighted by atomic mass is 9.98. The zero-order chi connectivity index (χ0) is 13.4. The maximum Gasteiger partial charge on any atom is 0.140 e. The summed E-state index contributed by atoms with van der Waals surface area (Å²) in [6, 6.07) is 7.37. The van der Waals surface area contributed by atoms with Crippen LogP contribution in [0.1, 0.15) is 32.6 Å². The van der Waals surface area contributed by atoms with Crippen molar-refractivity contribution in [1.82, 2.24) is 0 Å². The van der Waals surface area contributed by atoms with Crippen molar-refractivity contribution < 1.29 is 14.3 Å². The molecule has 1 aromatic carbocycles. The van der Waals surface area contributed by atoms with E-state index in [1.54, 1.807) is 0 Å². The molecule has 4 nitrogen and oxygen atoms in total. The van der Waals surface area contributed by atoms with Crippen molar-refractivity contribution in [3.8, 4) is 5.75 Å². The Morgan fingerprint density at radius 1 is 1.11 bits per heavy atom. The van der Waals surface area contributed by atoms with Crippen LogP contribution >= 0.6 is 0 Å². The molecule has 0 heterocycles. The third kappa shape index (κ3) is 5.48. The Balaban J connectivity index is 0.000000184. The van der Waals surface area contributed by atoms with Gasteiger partial charge in [-0.3, -0.25) is 9.59 Å². The average molecular weight is 249 g/mol. The van der Waals surface area contributed by atoms with Gasteiger partial charge in [0, 0.05) is 18.5 Å². The van der Waals surface area contributed by atoms with E-state index < -0.39 is 0 Å². The van der Waals surface area contributed by atoms with Gasteiger partial charge in [-0.2, -0.15) is 0 Å². The number of rotatable bonds is 2. The van der Waals surface area contributed by atoms with E-state index in [1.807, 2.05) is 31.2 Å². The maximum absolute atomic E-state index is 10.5. The highest BCUT2D eigenvalue weighted by atomic mass is 16.5. The van der Waals surface area contributed by atoms with Gasteiger partial charge in [-0.25, -0.2) is 0 Å². The molecule has 1 fully saturated rings. The van der Waals surface area contributed by atoms with E-state index in [1.165, 1.54) is 0 Å². The van der Waals surface area contributed by atoms with E-state index in [2.05, 4.69) is 0 Å². The summed E-state index contributed by atoms with van der Waals surface area (Å²) in [5.41, 5.74) is 6.23. The van der Waals surface area contributed by atoms with Crippen LogP contribution in [-0.4, -0.2) is 18.2 Å². The van der Waals surface area contributed by atoms with Crippen molar-refractivity contribution >= 4 is 17.3 Å². The smallest absolute Gasteiger partial charge is 0.140 e. The molecule has 0 aliphatic heterocycles. The lowest BCUT2D eigenvalue weighted by Crippen LogP contribution is -2.13. The maximum atomic E-state index is 10.5. The predicted molar refractivity (Wildman–Crippen MR) is 70.5 cm³/mol. The molecule has 1 aliphatic carbocycles. The summed E-state index contributed by atoms with van der Waals surface area (Å²) in [6.07, 6.45) is 2.20. The van der Waals surface area contributed by atoms with Crippen LogP contribution < -0.4 is 10.5 Å². The molecule has 0 saturated heterocycles. The molecule has 0 radical (unpaired) electrons. The number of carbonyl (C=O) groups is 2. The Morgan fingerprint density at radius 3 is 2.06 bits per heavy atom. The highest BCUT2D eigenvalue weighted by Crippen LogP contribution is 2.12. The fourth-order valence-corrected chi connectivity index (χ4v) is 1.61. The van der Waals surface area contributed by atoms with Gasteiger partial charge >= 0.3 is 0 Å². The average Bonchev–Trinajstić information content (AvgIpc) is 2.33.